The first kappa shape index (κ1) is 19.5. The molecule has 160 valence electrons. The summed E-state index contributed by atoms with van der Waals surface area (Å²) in [4.78, 5) is 37.0. The van der Waals surface area contributed by atoms with Crippen LogP contribution in [0.1, 0.15) is 40.0 Å². The zero-order chi connectivity index (χ0) is 21.8. The summed E-state index contributed by atoms with van der Waals surface area (Å²) in [5.74, 6) is -0.972. The Kier molecular flexibility index (Phi) is 4.43. The second-order valence-corrected chi connectivity index (χ2v) is 9.38. The SMILES string of the molecule is O=C(NCCCn1nc2ccccn2c1=O)c1ccc2c(c1)S(=O)(=O)N(C1CC1)C2=O. The van der Waals surface area contributed by atoms with Crippen LogP contribution in [-0.2, 0) is 16.6 Å². The van der Waals surface area contributed by atoms with E-state index in [4.69, 9.17) is 0 Å². The Morgan fingerprint density at radius 1 is 1.16 bits per heavy atom. The fourth-order valence-corrected chi connectivity index (χ4v) is 5.55. The molecule has 11 heteroatoms. The van der Waals surface area contributed by atoms with Crippen LogP contribution in [0.2, 0.25) is 0 Å². The fourth-order valence-electron chi connectivity index (χ4n) is 3.71. The first-order valence-electron chi connectivity index (χ1n) is 9.93. The van der Waals surface area contributed by atoms with Crippen LogP contribution in [0.3, 0.4) is 0 Å². The lowest BCUT2D eigenvalue weighted by Gasteiger charge is -2.13. The summed E-state index contributed by atoms with van der Waals surface area (Å²) in [5.41, 5.74) is 0.564. The number of fused-ring (bicyclic) bond motifs is 2. The van der Waals surface area contributed by atoms with E-state index in [-0.39, 0.29) is 34.3 Å². The number of nitrogens with zero attached hydrogens (tertiary/aromatic N) is 4. The number of hydrogen-bond acceptors (Lipinski definition) is 6. The monoisotopic (exact) mass is 441 g/mol. The smallest absolute Gasteiger partial charge is 0.350 e. The van der Waals surface area contributed by atoms with Crippen molar-refractivity contribution in [2.24, 2.45) is 0 Å². The number of carbonyl (C=O) groups is 2. The van der Waals surface area contributed by atoms with Gasteiger partial charge in [0.15, 0.2) is 5.65 Å². The molecular formula is C20H19N5O5S. The van der Waals surface area contributed by atoms with Crippen molar-refractivity contribution >= 4 is 27.5 Å². The van der Waals surface area contributed by atoms with Gasteiger partial charge in [0.05, 0.1) is 5.56 Å². The molecule has 31 heavy (non-hydrogen) atoms. The second-order valence-electron chi connectivity index (χ2n) is 7.59. The van der Waals surface area contributed by atoms with E-state index in [1.807, 2.05) is 0 Å². The molecule has 1 aliphatic carbocycles. The van der Waals surface area contributed by atoms with Gasteiger partial charge in [-0.05, 0) is 49.6 Å². The van der Waals surface area contributed by atoms with Crippen molar-refractivity contribution in [1.29, 1.82) is 0 Å². The lowest BCUT2D eigenvalue weighted by molar-refractivity contribution is 0.0863. The van der Waals surface area contributed by atoms with Crippen molar-refractivity contribution in [2.45, 2.75) is 36.7 Å². The van der Waals surface area contributed by atoms with E-state index in [1.54, 1.807) is 24.4 Å². The zero-order valence-corrected chi connectivity index (χ0v) is 17.2. The summed E-state index contributed by atoms with van der Waals surface area (Å²) >= 11 is 0. The van der Waals surface area contributed by atoms with Gasteiger partial charge < -0.3 is 5.32 Å². The minimum atomic E-state index is -3.91. The van der Waals surface area contributed by atoms with E-state index in [9.17, 15) is 22.8 Å². The molecule has 0 atom stereocenters. The Morgan fingerprint density at radius 2 is 1.97 bits per heavy atom. The number of carbonyl (C=O) groups excluding carboxylic acids is 2. The molecule has 0 unspecified atom stereocenters. The van der Waals surface area contributed by atoms with Crippen molar-refractivity contribution in [3.05, 3.63) is 64.2 Å². The predicted molar refractivity (Wildman–Crippen MR) is 109 cm³/mol. The molecule has 2 aromatic heterocycles. The van der Waals surface area contributed by atoms with Gasteiger partial charge in [0.2, 0.25) is 0 Å². The van der Waals surface area contributed by atoms with Crippen LogP contribution < -0.4 is 11.0 Å². The van der Waals surface area contributed by atoms with E-state index < -0.39 is 21.8 Å². The third-order valence-electron chi connectivity index (χ3n) is 5.41. The van der Waals surface area contributed by atoms with Gasteiger partial charge in [-0.15, -0.1) is 5.10 Å². The number of aromatic nitrogens is 3. The van der Waals surface area contributed by atoms with Crippen LogP contribution in [0.25, 0.3) is 5.65 Å². The molecule has 0 bridgehead atoms. The first-order chi connectivity index (χ1) is 14.9. The molecule has 1 N–H and O–H groups in total. The average molecular weight is 441 g/mol. The van der Waals surface area contributed by atoms with Gasteiger partial charge in [-0.1, -0.05) is 6.07 Å². The summed E-state index contributed by atoms with van der Waals surface area (Å²) in [6, 6.07) is 9.09. The summed E-state index contributed by atoms with van der Waals surface area (Å²) in [5, 5.41) is 6.94. The molecule has 2 aliphatic rings. The Balaban J connectivity index is 1.25. The van der Waals surface area contributed by atoms with Crippen LogP contribution in [-0.4, -0.2) is 51.3 Å². The zero-order valence-electron chi connectivity index (χ0n) is 16.4. The topological polar surface area (TPSA) is 123 Å². The minimum Gasteiger partial charge on any atom is -0.352 e. The number of benzene rings is 1. The van der Waals surface area contributed by atoms with Crippen molar-refractivity contribution in [1.82, 2.24) is 23.8 Å². The van der Waals surface area contributed by atoms with Gasteiger partial charge >= 0.3 is 5.69 Å². The Labute approximate surface area is 177 Å². The van der Waals surface area contributed by atoms with Crippen LogP contribution in [0.4, 0.5) is 0 Å². The Morgan fingerprint density at radius 3 is 2.71 bits per heavy atom. The van der Waals surface area contributed by atoms with E-state index in [1.165, 1.54) is 27.3 Å². The predicted octanol–water partition coefficient (Wildman–Crippen LogP) is 0.623. The molecule has 0 radical (unpaired) electrons. The molecule has 3 heterocycles. The molecule has 10 nitrogen and oxygen atoms in total. The molecule has 1 aliphatic heterocycles. The van der Waals surface area contributed by atoms with Crippen LogP contribution >= 0.6 is 0 Å². The van der Waals surface area contributed by atoms with Gasteiger partial charge in [0.1, 0.15) is 4.90 Å². The summed E-state index contributed by atoms with van der Waals surface area (Å²) in [6.07, 6.45) is 3.44. The van der Waals surface area contributed by atoms with E-state index in [0.29, 0.717) is 31.5 Å². The highest BCUT2D eigenvalue weighted by molar-refractivity contribution is 7.90. The maximum Gasteiger partial charge on any atom is 0.350 e. The van der Waals surface area contributed by atoms with E-state index >= 15 is 0 Å². The standard InChI is InChI=1S/C20H19N5O5S/c26-18(21-9-3-11-24-20(28)23-10-2-1-4-17(23)22-24)13-5-8-15-16(12-13)31(29,30)25(19(15)27)14-6-7-14/h1-2,4-5,8,10,12,14H,3,6-7,9,11H2,(H,21,26). The third-order valence-corrected chi connectivity index (χ3v) is 7.29. The van der Waals surface area contributed by atoms with E-state index in [0.717, 1.165) is 4.31 Å². The van der Waals surface area contributed by atoms with Gasteiger partial charge in [0, 0.05) is 30.9 Å². The highest BCUT2D eigenvalue weighted by atomic mass is 32.2. The number of pyridine rings is 1. The maximum atomic E-state index is 12.7. The molecule has 0 saturated heterocycles. The van der Waals surface area contributed by atoms with Gasteiger partial charge in [-0.3, -0.25) is 14.0 Å². The number of nitrogens with one attached hydrogen (secondary N) is 1. The van der Waals surface area contributed by atoms with Crippen LogP contribution in [0.15, 0.2) is 52.3 Å². The lowest BCUT2D eigenvalue weighted by atomic mass is 10.1. The molecule has 1 fully saturated rings. The van der Waals surface area contributed by atoms with Crippen molar-refractivity contribution in [2.75, 3.05) is 6.54 Å². The Bertz CT molecular complexity index is 1390. The van der Waals surface area contributed by atoms with Crippen molar-refractivity contribution in [3.8, 4) is 0 Å². The fraction of sp³-hybridized carbons (Fsp3) is 0.300. The molecule has 1 saturated carbocycles. The Hall–Kier alpha value is -3.47. The van der Waals surface area contributed by atoms with Crippen LogP contribution in [0.5, 0.6) is 0 Å². The molecule has 0 spiro atoms. The summed E-state index contributed by atoms with van der Waals surface area (Å²) in [6.45, 7) is 0.598. The largest absolute Gasteiger partial charge is 0.352 e. The molecular weight excluding hydrogens is 422 g/mol. The molecule has 5 rings (SSSR count). The highest BCUT2D eigenvalue weighted by Gasteiger charge is 2.48. The number of amides is 2. The maximum absolute atomic E-state index is 12.7. The van der Waals surface area contributed by atoms with Gasteiger partial charge in [-0.2, -0.15) is 0 Å². The second kappa shape index (κ2) is 7.05. The summed E-state index contributed by atoms with van der Waals surface area (Å²) in [7, 11) is -3.91. The highest BCUT2D eigenvalue weighted by Crippen LogP contribution is 2.39. The minimum absolute atomic E-state index is 0.106. The molecule has 1 aromatic carbocycles. The van der Waals surface area contributed by atoms with Gasteiger partial charge in [-0.25, -0.2) is 22.2 Å². The number of sulfonamides is 1. The molecule has 3 aromatic rings. The first-order valence-corrected chi connectivity index (χ1v) is 11.4. The number of hydrogen-bond donors (Lipinski definition) is 1. The van der Waals surface area contributed by atoms with Crippen LogP contribution in [0, 0.1) is 0 Å². The number of rotatable bonds is 6. The quantitative estimate of drug-likeness (QED) is 0.560. The number of aryl methyl sites for hydroxylation is 1. The average Bonchev–Trinajstić information content (AvgIpc) is 3.50. The summed E-state index contributed by atoms with van der Waals surface area (Å²) < 4.78 is 29.1. The molecule has 2 amide bonds. The lowest BCUT2D eigenvalue weighted by Crippen LogP contribution is -2.32. The van der Waals surface area contributed by atoms with Crippen molar-refractivity contribution < 1.29 is 18.0 Å². The van der Waals surface area contributed by atoms with E-state index in [2.05, 4.69) is 10.4 Å². The normalized spacial score (nSPS) is 17.2. The van der Waals surface area contributed by atoms with Crippen molar-refractivity contribution in [3.63, 3.8) is 0 Å². The van der Waals surface area contributed by atoms with Gasteiger partial charge in [0.25, 0.3) is 21.8 Å². The third kappa shape index (κ3) is 3.21.